The molecule has 0 unspecified atom stereocenters. The van der Waals surface area contributed by atoms with Crippen molar-refractivity contribution in [2.45, 2.75) is 19.3 Å². The molecule has 0 aliphatic heterocycles. The molecule has 0 aromatic heterocycles. The highest BCUT2D eigenvalue weighted by atomic mass is 16.5. The van der Waals surface area contributed by atoms with Crippen LogP contribution in [-0.4, -0.2) is 32.4 Å². The lowest BCUT2D eigenvalue weighted by molar-refractivity contribution is 0.0695. The molecule has 0 aliphatic carbocycles. The SMILES string of the molecule is COc1cccc(CCCc2c(C(=O)O)ccc(OC)c2OC)c1. The number of carbonyl (C=O) groups is 1. The molecule has 2 aromatic carbocycles. The van der Waals surface area contributed by atoms with Gasteiger partial charge in [-0.3, -0.25) is 0 Å². The Hall–Kier alpha value is -2.69. The minimum atomic E-state index is -0.965. The van der Waals surface area contributed by atoms with Gasteiger partial charge in [0, 0.05) is 5.56 Å². The van der Waals surface area contributed by atoms with E-state index in [-0.39, 0.29) is 5.56 Å². The molecule has 0 spiro atoms. The molecule has 0 amide bonds. The van der Waals surface area contributed by atoms with Crippen molar-refractivity contribution in [3.8, 4) is 17.2 Å². The van der Waals surface area contributed by atoms with Crippen LogP contribution in [0.25, 0.3) is 0 Å². The monoisotopic (exact) mass is 330 g/mol. The summed E-state index contributed by atoms with van der Waals surface area (Å²) in [5.74, 6) is 0.881. The van der Waals surface area contributed by atoms with Crippen molar-refractivity contribution in [3.05, 3.63) is 53.1 Å². The molecule has 0 bridgehead atoms. The maximum Gasteiger partial charge on any atom is 0.336 e. The second kappa shape index (κ2) is 8.24. The van der Waals surface area contributed by atoms with Crippen LogP contribution in [0.3, 0.4) is 0 Å². The predicted molar refractivity (Wildman–Crippen MR) is 91.5 cm³/mol. The quantitative estimate of drug-likeness (QED) is 0.801. The van der Waals surface area contributed by atoms with Crippen LogP contribution in [0.15, 0.2) is 36.4 Å². The van der Waals surface area contributed by atoms with E-state index >= 15 is 0 Å². The topological polar surface area (TPSA) is 65.0 Å². The summed E-state index contributed by atoms with van der Waals surface area (Å²) < 4.78 is 15.9. The smallest absolute Gasteiger partial charge is 0.336 e. The van der Waals surface area contributed by atoms with Crippen molar-refractivity contribution in [2.24, 2.45) is 0 Å². The number of aryl methyl sites for hydroxylation is 1. The third kappa shape index (κ3) is 3.98. The highest BCUT2D eigenvalue weighted by Crippen LogP contribution is 2.34. The first kappa shape index (κ1) is 17.7. The average molecular weight is 330 g/mol. The molecular weight excluding hydrogens is 308 g/mol. The van der Waals surface area contributed by atoms with Gasteiger partial charge in [-0.25, -0.2) is 4.79 Å². The molecule has 2 rings (SSSR count). The fraction of sp³-hybridized carbons (Fsp3) is 0.316. The van der Waals surface area contributed by atoms with E-state index in [0.29, 0.717) is 23.5 Å². The maximum absolute atomic E-state index is 11.5. The van der Waals surface area contributed by atoms with Crippen molar-refractivity contribution in [3.63, 3.8) is 0 Å². The Balaban J connectivity index is 2.19. The first-order valence-corrected chi connectivity index (χ1v) is 7.70. The minimum Gasteiger partial charge on any atom is -0.497 e. The average Bonchev–Trinajstić information content (AvgIpc) is 2.61. The van der Waals surface area contributed by atoms with E-state index in [4.69, 9.17) is 14.2 Å². The third-order valence-corrected chi connectivity index (χ3v) is 3.91. The van der Waals surface area contributed by atoms with Gasteiger partial charge in [-0.2, -0.15) is 0 Å². The van der Waals surface area contributed by atoms with E-state index in [1.54, 1.807) is 19.2 Å². The zero-order valence-electron chi connectivity index (χ0n) is 14.2. The van der Waals surface area contributed by atoms with Crippen LogP contribution in [0.4, 0.5) is 0 Å². The second-order valence-corrected chi connectivity index (χ2v) is 5.34. The summed E-state index contributed by atoms with van der Waals surface area (Å²) in [6.45, 7) is 0. The number of carboxylic acid groups (broad SMARTS) is 1. The second-order valence-electron chi connectivity index (χ2n) is 5.34. The van der Waals surface area contributed by atoms with Gasteiger partial charge >= 0.3 is 5.97 Å². The third-order valence-electron chi connectivity index (χ3n) is 3.91. The highest BCUT2D eigenvalue weighted by Gasteiger charge is 2.18. The summed E-state index contributed by atoms with van der Waals surface area (Å²) in [5, 5.41) is 9.42. The number of benzene rings is 2. The number of methoxy groups -OCH3 is 3. The Morgan fingerprint density at radius 3 is 2.42 bits per heavy atom. The first-order valence-electron chi connectivity index (χ1n) is 7.70. The molecule has 128 valence electrons. The summed E-state index contributed by atoms with van der Waals surface area (Å²) in [5.41, 5.74) is 2.05. The Bertz CT molecular complexity index is 709. The summed E-state index contributed by atoms with van der Waals surface area (Å²) in [7, 11) is 4.70. The molecule has 0 saturated carbocycles. The lowest BCUT2D eigenvalue weighted by atomic mass is 9.98. The Morgan fingerprint density at radius 1 is 1.00 bits per heavy atom. The molecule has 0 atom stereocenters. The van der Waals surface area contributed by atoms with Crippen molar-refractivity contribution in [1.29, 1.82) is 0 Å². The molecule has 0 saturated heterocycles. The van der Waals surface area contributed by atoms with Gasteiger partial charge < -0.3 is 19.3 Å². The van der Waals surface area contributed by atoms with Gasteiger partial charge in [-0.05, 0) is 49.1 Å². The zero-order chi connectivity index (χ0) is 17.5. The zero-order valence-corrected chi connectivity index (χ0v) is 14.2. The van der Waals surface area contributed by atoms with E-state index in [2.05, 4.69) is 0 Å². The van der Waals surface area contributed by atoms with Crippen LogP contribution in [0.1, 0.15) is 27.9 Å². The molecule has 0 aliphatic rings. The summed E-state index contributed by atoms with van der Waals surface area (Å²) in [6, 6.07) is 11.0. The van der Waals surface area contributed by atoms with Crippen LogP contribution >= 0.6 is 0 Å². The lowest BCUT2D eigenvalue weighted by Gasteiger charge is -2.15. The molecule has 2 aromatic rings. The van der Waals surface area contributed by atoms with Crippen molar-refractivity contribution < 1.29 is 24.1 Å². The van der Waals surface area contributed by atoms with Gasteiger partial charge in [-0.1, -0.05) is 12.1 Å². The fourth-order valence-electron chi connectivity index (χ4n) is 2.74. The Morgan fingerprint density at radius 2 is 1.79 bits per heavy atom. The van der Waals surface area contributed by atoms with Gasteiger partial charge in [0.2, 0.25) is 0 Å². The van der Waals surface area contributed by atoms with Crippen molar-refractivity contribution in [1.82, 2.24) is 0 Å². The maximum atomic E-state index is 11.5. The van der Waals surface area contributed by atoms with E-state index < -0.39 is 5.97 Å². The van der Waals surface area contributed by atoms with E-state index in [0.717, 1.165) is 24.2 Å². The Kier molecular flexibility index (Phi) is 6.07. The fourth-order valence-corrected chi connectivity index (χ4v) is 2.74. The number of ether oxygens (including phenoxy) is 3. The van der Waals surface area contributed by atoms with Gasteiger partial charge in [-0.15, -0.1) is 0 Å². The number of carboxylic acids is 1. The predicted octanol–water partition coefficient (Wildman–Crippen LogP) is 3.59. The Labute approximate surface area is 141 Å². The normalized spacial score (nSPS) is 10.3. The molecular formula is C19H22O5. The van der Waals surface area contributed by atoms with Crippen LogP contribution in [0.5, 0.6) is 17.2 Å². The van der Waals surface area contributed by atoms with Gasteiger partial charge in [0.25, 0.3) is 0 Å². The molecule has 0 heterocycles. The molecule has 24 heavy (non-hydrogen) atoms. The summed E-state index contributed by atoms with van der Waals surface area (Å²) in [6.07, 6.45) is 2.19. The molecule has 5 nitrogen and oxygen atoms in total. The van der Waals surface area contributed by atoms with E-state index in [1.165, 1.54) is 14.2 Å². The standard InChI is InChI=1S/C19H22O5/c1-22-14-8-4-6-13(12-14)7-5-9-15-16(19(20)21)10-11-17(23-2)18(15)24-3/h4,6,8,10-12H,5,7,9H2,1-3H3,(H,20,21). The summed E-state index contributed by atoms with van der Waals surface area (Å²) >= 11 is 0. The van der Waals surface area contributed by atoms with Crippen LogP contribution in [0, 0.1) is 0 Å². The number of hydrogen-bond donors (Lipinski definition) is 1. The van der Waals surface area contributed by atoms with E-state index in [9.17, 15) is 9.90 Å². The highest BCUT2D eigenvalue weighted by molar-refractivity contribution is 5.90. The van der Waals surface area contributed by atoms with Gasteiger partial charge in [0.05, 0.1) is 26.9 Å². The van der Waals surface area contributed by atoms with Crippen molar-refractivity contribution in [2.75, 3.05) is 21.3 Å². The molecule has 1 N–H and O–H groups in total. The number of aromatic carboxylic acids is 1. The molecule has 0 fully saturated rings. The minimum absolute atomic E-state index is 0.248. The molecule has 0 radical (unpaired) electrons. The number of hydrogen-bond acceptors (Lipinski definition) is 4. The van der Waals surface area contributed by atoms with E-state index in [1.807, 2.05) is 24.3 Å². The number of rotatable bonds is 8. The van der Waals surface area contributed by atoms with Gasteiger partial charge in [0.1, 0.15) is 5.75 Å². The molecule has 5 heteroatoms. The van der Waals surface area contributed by atoms with Crippen LogP contribution in [-0.2, 0) is 12.8 Å². The van der Waals surface area contributed by atoms with Crippen LogP contribution < -0.4 is 14.2 Å². The lowest BCUT2D eigenvalue weighted by Crippen LogP contribution is -2.07. The first-order chi connectivity index (χ1) is 11.6. The largest absolute Gasteiger partial charge is 0.497 e. The van der Waals surface area contributed by atoms with Crippen LogP contribution in [0.2, 0.25) is 0 Å². The summed E-state index contributed by atoms with van der Waals surface area (Å²) in [4.78, 5) is 11.5. The van der Waals surface area contributed by atoms with Gasteiger partial charge in [0.15, 0.2) is 11.5 Å². The van der Waals surface area contributed by atoms with Crippen molar-refractivity contribution >= 4 is 5.97 Å².